The van der Waals surface area contributed by atoms with Crippen LogP contribution in [0.4, 0.5) is 0 Å². The van der Waals surface area contributed by atoms with Gasteiger partial charge in [-0.05, 0) is 36.4 Å². The maximum absolute atomic E-state index is 10.9. The minimum atomic E-state index is -0.923. The molecule has 0 aliphatic heterocycles. The number of para-hydroxylation sites is 1. The first-order valence-corrected chi connectivity index (χ1v) is 6.76. The number of hydrogen-bond acceptors (Lipinski definition) is 3. The highest BCUT2D eigenvalue weighted by molar-refractivity contribution is 6.04. The predicted molar refractivity (Wildman–Crippen MR) is 86.8 cm³/mol. The van der Waals surface area contributed by atoms with E-state index in [0.717, 1.165) is 10.9 Å². The molecule has 0 fully saturated rings. The van der Waals surface area contributed by atoms with Crippen LogP contribution < -0.4 is 10.5 Å². The number of carbonyl (C=O) groups excluding carboxylic acids is 1. The minimum Gasteiger partial charge on any atom is -0.497 e. The van der Waals surface area contributed by atoms with Crippen LogP contribution in [0.25, 0.3) is 10.9 Å². The largest absolute Gasteiger partial charge is 0.497 e. The summed E-state index contributed by atoms with van der Waals surface area (Å²) in [5.74, 6) is -0.661. The van der Waals surface area contributed by atoms with Crippen molar-refractivity contribution in [1.82, 2.24) is 4.98 Å². The molecule has 3 rings (SSSR count). The van der Waals surface area contributed by atoms with Crippen molar-refractivity contribution >= 4 is 22.8 Å². The predicted octanol–water partition coefficient (Wildman–Crippen LogP) is 2.66. The number of amides is 1. The summed E-state index contributed by atoms with van der Waals surface area (Å²) in [5.41, 5.74) is 6.80. The van der Waals surface area contributed by atoms with E-state index in [1.165, 1.54) is 19.2 Å². The van der Waals surface area contributed by atoms with Gasteiger partial charge in [-0.2, -0.15) is 0 Å². The van der Waals surface area contributed by atoms with Gasteiger partial charge in [0.05, 0.1) is 23.8 Å². The lowest BCUT2D eigenvalue weighted by Gasteiger charge is -1.98. The molecule has 4 N–H and O–H groups in total. The fourth-order valence-electron chi connectivity index (χ4n) is 2.02. The molecule has 0 aliphatic rings. The molecular formula is C17H16N2O4. The fraction of sp³-hybridized carbons (Fsp3) is 0.0588. The van der Waals surface area contributed by atoms with Crippen LogP contribution in [0, 0.1) is 0 Å². The number of nitrogens with two attached hydrogens (primary N) is 1. The second-order valence-corrected chi connectivity index (χ2v) is 4.65. The molecule has 3 aromatic rings. The number of fused-ring (bicyclic) bond motifs is 1. The van der Waals surface area contributed by atoms with Crippen molar-refractivity contribution in [3.05, 3.63) is 65.9 Å². The number of primary amides is 1. The molecular weight excluding hydrogens is 296 g/mol. The Morgan fingerprint density at radius 3 is 2.35 bits per heavy atom. The van der Waals surface area contributed by atoms with E-state index in [2.05, 4.69) is 4.98 Å². The van der Waals surface area contributed by atoms with Crippen molar-refractivity contribution in [3.8, 4) is 5.75 Å². The van der Waals surface area contributed by atoms with E-state index in [1.807, 2.05) is 18.2 Å². The number of aromatic carboxylic acids is 1. The molecule has 0 radical (unpaired) electrons. The van der Waals surface area contributed by atoms with Crippen LogP contribution in [0.5, 0.6) is 5.75 Å². The van der Waals surface area contributed by atoms with Crippen LogP contribution in [0.3, 0.4) is 0 Å². The van der Waals surface area contributed by atoms with E-state index in [9.17, 15) is 9.59 Å². The summed E-state index contributed by atoms with van der Waals surface area (Å²) < 4.78 is 4.86. The Balaban J connectivity index is 0.000000168. The first-order valence-electron chi connectivity index (χ1n) is 6.76. The standard InChI is InChI=1S/C9H8N2O.C8H8O3/c10-9(12)7-3-1-2-6-4-5-11-8(6)7;1-11-7-4-2-6(3-5-7)8(9)10/h1-5,11H,(H2,10,12);2-5H,1H3,(H,9,10). The Labute approximate surface area is 132 Å². The third-order valence-corrected chi connectivity index (χ3v) is 3.19. The Hall–Kier alpha value is -3.28. The van der Waals surface area contributed by atoms with E-state index in [4.69, 9.17) is 15.6 Å². The zero-order valence-electron chi connectivity index (χ0n) is 12.4. The van der Waals surface area contributed by atoms with Gasteiger partial charge in [-0.1, -0.05) is 12.1 Å². The number of carboxylic acids is 1. The van der Waals surface area contributed by atoms with Gasteiger partial charge in [0.15, 0.2) is 0 Å². The lowest BCUT2D eigenvalue weighted by molar-refractivity contribution is 0.0696. The molecule has 6 nitrogen and oxygen atoms in total. The van der Waals surface area contributed by atoms with E-state index in [-0.39, 0.29) is 5.56 Å². The SMILES string of the molecule is COc1ccc(C(=O)O)cc1.NC(=O)c1cccc2cc[nH]c12. The van der Waals surface area contributed by atoms with Gasteiger partial charge >= 0.3 is 5.97 Å². The van der Waals surface area contributed by atoms with E-state index >= 15 is 0 Å². The highest BCUT2D eigenvalue weighted by Gasteiger charge is 2.05. The number of carbonyl (C=O) groups is 2. The van der Waals surface area contributed by atoms with Crippen molar-refractivity contribution in [2.45, 2.75) is 0 Å². The number of rotatable bonds is 3. The average molecular weight is 312 g/mol. The van der Waals surface area contributed by atoms with E-state index < -0.39 is 11.9 Å². The lowest BCUT2D eigenvalue weighted by Crippen LogP contribution is -2.11. The number of benzene rings is 2. The van der Waals surface area contributed by atoms with Crippen LogP contribution in [0.1, 0.15) is 20.7 Å². The van der Waals surface area contributed by atoms with E-state index in [1.54, 1.807) is 24.4 Å². The first-order chi connectivity index (χ1) is 11.0. The monoisotopic (exact) mass is 312 g/mol. The summed E-state index contributed by atoms with van der Waals surface area (Å²) in [6.07, 6.45) is 1.79. The molecule has 0 saturated heterocycles. The molecule has 0 atom stereocenters. The molecule has 0 bridgehead atoms. The van der Waals surface area contributed by atoms with Crippen molar-refractivity contribution in [2.24, 2.45) is 5.73 Å². The Bertz CT molecular complexity index is 822. The van der Waals surface area contributed by atoms with Crippen LogP contribution in [-0.4, -0.2) is 29.1 Å². The Kier molecular flexibility index (Phi) is 4.99. The number of hydrogen-bond donors (Lipinski definition) is 3. The first kappa shape index (κ1) is 16.1. The van der Waals surface area contributed by atoms with Crippen molar-refractivity contribution in [1.29, 1.82) is 0 Å². The number of aromatic amines is 1. The maximum atomic E-state index is 10.9. The fourth-order valence-corrected chi connectivity index (χ4v) is 2.02. The number of ether oxygens (including phenoxy) is 1. The second kappa shape index (κ2) is 7.13. The third kappa shape index (κ3) is 3.88. The summed E-state index contributed by atoms with van der Waals surface area (Å²) in [5, 5.41) is 9.51. The number of carboxylic acid groups (broad SMARTS) is 1. The molecule has 118 valence electrons. The zero-order chi connectivity index (χ0) is 16.8. The molecule has 6 heteroatoms. The Morgan fingerprint density at radius 1 is 1.09 bits per heavy atom. The molecule has 1 amide bonds. The molecule has 0 saturated carbocycles. The van der Waals surface area contributed by atoms with Crippen LogP contribution >= 0.6 is 0 Å². The summed E-state index contributed by atoms with van der Waals surface area (Å²) in [7, 11) is 1.54. The number of methoxy groups -OCH3 is 1. The number of H-pyrrole nitrogens is 1. The van der Waals surface area contributed by atoms with Gasteiger partial charge < -0.3 is 20.6 Å². The van der Waals surface area contributed by atoms with Crippen molar-refractivity contribution in [2.75, 3.05) is 7.11 Å². The molecule has 0 unspecified atom stereocenters. The van der Waals surface area contributed by atoms with Crippen molar-refractivity contribution in [3.63, 3.8) is 0 Å². The summed E-state index contributed by atoms with van der Waals surface area (Å²) in [6, 6.07) is 13.6. The molecule has 0 spiro atoms. The van der Waals surface area contributed by atoms with Gasteiger partial charge in [0, 0.05) is 11.6 Å². The second-order valence-electron chi connectivity index (χ2n) is 4.65. The highest BCUT2D eigenvalue weighted by atomic mass is 16.5. The molecule has 0 aliphatic carbocycles. The smallest absolute Gasteiger partial charge is 0.335 e. The minimum absolute atomic E-state index is 0.269. The summed E-state index contributed by atoms with van der Waals surface area (Å²) in [6.45, 7) is 0. The third-order valence-electron chi connectivity index (χ3n) is 3.19. The van der Waals surface area contributed by atoms with Gasteiger partial charge in [0.2, 0.25) is 0 Å². The van der Waals surface area contributed by atoms with Crippen LogP contribution in [0.15, 0.2) is 54.7 Å². The van der Waals surface area contributed by atoms with E-state index in [0.29, 0.717) is 11.3 Å². The summed E-state index contributed by atoms with van der Waals surface area (Å²) in [4.78, 5) is 24.2. The van der Waals surface area contributed by atoms with Gasteiger partial charge in [0.25, 0.3) is 5.91 Å². The molecule has 23 heavy (non-hydrogen) atoms. The molecule has 2 aromatic carbocycles. The quantitative estimate of drug-likeness (QED) is 0.691. The van der Waals surface area contributed by atoms with Gasteiger partial charge in [0.1, 0.15) is 5.75 Å². The van der Waals surface area contributed by atoms with Gasteiger partial charge in [-0.15, -0.1) is 0 Å². The summed E-state index contributed by atoms with van der Waals surface area (Å²) >= 11 is 0. The topological polar surface area (TPSA) is 105 Å². The lowest BCUT2D eigenvalue weighted by atomic mass is 10.1. The van der Waals surface area contributed by atoms with Crippen LogP contribution in [-0.2, 0) is 0 Å². The van der Waals surface area contributed by atoms with Gasteiger partial charge in [-0.3, -0.25) is 4.79 Å². The number of aromatic nitrogens is 1. The molecule has 1 aromatic heterocycles. The van der Waals surface area contributed by atoms with Crippen LogP contribution in [0.2, 0.25) is 0 Å². The Morgan fingerprint density at radius 2 is 1.78 bits per heavy atom. The zero-order valence-corrected chi connectivity index (χ0v) is 12.4. The highest BCUT2D eigenvalue weighted by Crippen LogP contribution is 2.15. The normalized spacial score (nSPS) is 9.78. The molecule has 1 heterocycles. The maximum Gasteiger partial charge on any atom is 0.335 e. The number of nitrogens with one attached hydrogen (secondary N) is 1. The van der Waals surface area contributed by atoms with Crippen molar-refractivity contribution < 1.29 is 19.4 Å². The van der Waals surface area contributed by atoms with Gasteiger partial charge in [-0.25, -0.2) is 4.79 Å². The average Bonchev–Trinajstić information content (AvgIpc) is 3.03.